The molecule has 152 valence electrons. The molecule has 1 aliphatic rings. The first kappa shape index (κ1) is 20.5. The first-order valence-electron chi connectivity index (χ1n) is 9.42. The van der Waals surface area contributed by atoms with Gasteiger partial charge in [-0.2, -0.15) is 0 Å². The second-order valence-corrected chi connectivity index (χ2v) is 6.77. The molecule has 0 spiro atoms. The minimum absolute atomic E-state index is 0.217. The Bertz CT molecular complexity index is 929. The van der Waals surface area contributed by atoms with Crippen LogP contribution in [0.25, 0.3) is 0 Å². The van der Waals surface area contributed by atoms with Gasteiger partial charge in [0, 0.05) is 30.3 Å². The first-order valence-corrected chi connectivity index (χ1v) is 9.42. The summed E-state index contributed by atoms with van der Waals surface area (Å²) in [5, 5.41) is 12.4. The lowest BCUT2D eigenvalue weighted by Crippen LogP contribution is -2.39. The number of carbonyl (C=O) groups is 2. The molecule has 0 aromatic heterocycles. The molecule has 2 aromatic carbocycles. The summed E-state index contributed by atoms with van der Waals surface area (Å²) in [6, 6.07) is 10.1. The van der Waals surface area contributed by atoms with Crippen molar-refractivity contribution in [3.05, 3.63) is 77.3 Å². The van der Waals surface area contributed by atoms with E-state index in [4.69, 9.17) is 4.74 Å². The Kier molecular flexibility index (Phi) is 6.61. The van der Waals surface area contributed by atoms with E-state index in [0.29, 0.717) is 35.5 Å². The number of hydrogen-bond donors (Lipinski definition) is 2. The van der Waals surface area contributed by atoms with Gasteiger partial charge < -0.3 is 20.1 Å². The zero-order valence-corrected chi connectivity index (χ0v) is 16.1. The summed E-state index contributed by atoms with van der Waals surface area (Å²) in [4.78, 5) is 27.0. The standard InChI is InChI=1S/C22H23FN2O4/c1-2-25-7-4-8-29-20-11-15(9-18(23)13-20)10-19(14-26)24-21(27)16-5-3-6-17(12-16)22(25)28/h3-6,8-9,11-13,19,26H,2,7,10,14H2,1H3,(H,24,27)/b8-4+. The zero-order chi connectivity index (χ0) is 20.8. The van der Waals surface area contributed by atoms with Crippen LogP contribution in [0.2, 0.25) is 0 Å². The fraction of sp³-hybridized carbons (Fsp3) is 0.273. The molecule has 0 radical (unpaired) electrons. The monoisotopic (exact) mass is 398 g/mol. The van der Waals surface area contributed by atoms with E-state index < -0.39 is 17.8 Å². The van der Waals surface area contributed by atoms with Crippen molar-refractivity contribution in [1.82, 2.24) is 10.2 Å². The van der Waals surface area contributed by atoms with Crippen LogP contribution in [0.15, 0.2) is 54.8 Å². The van der Waals surface area contributed by atoms with Crippen molar-refractivity contribution in [1.29, 1.82) is 0 Å². The summed E-state index contributed by atoms with van der Waals surface area (Å²) < 4.78 is 19.4. The van der Waals surface area contributed by atoms with Crippen LogP contribution in [0.4, 0.5) is 4.39 Å². The van der Waals surface area contributed by atoms with Crippen molar-refractivity contribution >= 4 is 11.8 Å². The molecule has 0 saturated carbocycles. The predicted octanol–water partition coefficient (Wildman–Crippen LogP) is 2.53. The molecule has 4 bridgehead atoms. The van der Waals surface area contributed by atoms with Crippen LogP contribution >= 0.6 is 0 Å². The summed E-state index contributed by atoms with van der Waals surface area (Å²) in [7, 11) is 0. The summed E-state index contributed by atoms with van der Waals surface area (Å²) >= 11 is 0. The molecule has 3 rings (SSSR count). The molecule has 29 heavy (non-hydrogen) atoms. The molecule has 6 nitrogen and oxygen atoms in total. The van der Waals surface area contributed by atoms with Crippen molar-refractivity contribution < 1.29 is 23.8 Å². The lowest BCUT2D eigenvalue weighted by atomic mass is 10.0. The van der Waals surface area contributed by atoms with Crippen molar-refractivity contribution in [2.75, 3.05) is 19.7 Å². The highest BCUT2D eigenvalue weighted by Crippen LogP contribution is 2.19. The molecule has 0 fully saturated rings. The number of ether oxygens (including phenoxy) is 1. The molecule has 1 unspecified atom stereocenters. The van der Waals surface area contributed by atoms with Gasteiger partial charge in [0.15, 0.2) is 0 Å². The number of benzene rings is 2. The van der Waals surface area contributed by atoms with E-state index in [1.165, 1.54) is 24.5 Å². The van der Waals surface area contributed by atoms with E-state index in [2.05, 4.69) is 5.32 Å². The molecule has 1 atom stereocenters. The number of amides is 2. The summed E-state index contributed by atoms with van der Waals surface area (Å²) in [5.74, 6) is -0.814. The third kappa shape index (κ3) is 5.20. The number of hydrogen-bond acceptors (Lipinski definition) is 4. The van der Waals surface area contributed by atoms with E-state index in [1.54, 1.807) is 35.2 Å². The van der Waals surface area contributed by atoms with Crippen molar-refractivity contribution in [2.45, 2.75) is 19.4 Å². The number of likely N-dealkylation sites (N-methyl/N-ethyl adjacent to an activating group) is 1. The Morgan fingerprint density at radius 2 is 2.00 bits per heavy atom. The van der Waals surface area contributed by atoms with Crippen LogP contribution in [-0.4, -0.2) is 47.6 Å². The number of rotatable bonds is 2. The zero-order valence-electron chi connectivity index (χ0n) is 16.1. The summed E-state index contributed by atoms with van der Waals surface area (Å²) in [6.07, 6.45) is 3.31. The molecule has 1 aliphatic heterocycles. The Hall–Kier alpha value is -3.19. The Balaban J connectivity index is 1.98. The average molecular weight is 398 g/mol. The quantitative estimate of drug-likeness (QED) is 0.815. The largest absolute Gasteiger partial charge is 0.465 e. The average Bonchev–Trinajstić information content (AvgIpc) is 2.72. The number of aliphatic hydroxyl groups excluding tert-OH is 1. The van der Waals surface area contributed by atoms with Crippen molar-refractivity contribution in [3.8, 4) is 5.75 Å². The predicted molar refractivity (Wildman–Crippen MR) is 106 cm³/mol. The number of halogens is 1. The highest BCUT2D eigenvalue weighted by Gasteiger charge is 2.18. The molecule has 1 heterocycles. The lowest BCUT2D eigenvalue weighted by Gasteiger charge is -2.20. The van der Waals surface area contributed by atoms with E-state index in [0.717, 1.165) is 0 Å². The van der Waals surface area contributed by atoms with Gasteiger partial charge in [0.05, 0.1) is 18.9 Å². The van der Waals surface area contributed by atoms with Crippen LogP contribution in [0.5, 0.6) is 5.75 Å². The molecule has 0 saturated heterocycles. The van der Waals surface area contributed by atoms with Crippen molar-refractivity contribution in [2.24, 2.45) is 0 Å². The fourth-order valence-corrected chi connectivity index (χ4v) is 3.15. The maximum Gasteiger partial charge on any atom is 0.254 e. The molecule has 7 heteroatoms. The van der Waals surface area contributed by atoms with Crippen LogP contribution in [0, 0.1) is 5.82 Å². The third-order valence-electron chi connectivity index (χ3n) is 4.64. The van der Waals surface area contributed by atoms with Gasteiger partial charge in [-0.25, -0.2) is 4.39 Å². The van der Waals surface area contributed by atoms with Gasteiger partial charge >= 0.3 is 0 Å². The van der Waals surface area contributed by atoms with Crippen LogP contribution in [0.3, 0.4) is 0 Å². The van der Waals surface area contributed by atoms with Crippen LogP contribution < -0.4 is 10.1 Å². The fourth-order valence-electron chi connectivity index (χ4n) is 3.15. The Labute approximate surface area is 168 Å². The van der Waals surface area contributed by atoms with E-state index in [-0.39, 0.29) is 18.9 Å². The van der Waals surface area contributed by atoms with Gasteiger partial charge in [-0.05, 0) is 55.3 Å². The highest BCUT2D eigenvalue weighted by molar-refractivity contribution is 5.99. The maximum absolute atomic E-state index is 14.0. The molecular formula is C22H23FN2O4. The number of nitrogens with zero attached hydrogens (tertiary/aromatic N) is 1. The minimum Gasteiger partial charge on any atom is -0.465 e. The van der Waals surface area contributed by atoms with Gasteiger partial charge in [0.1, 0.15) is 11.6 Å². The highest BCUT2D eigenvalue weighted by atomic mass is 19.1. The lowest BCUT2D eigenvalue weighted by molar-refractivity contribution is 0.0781. The maximum atomic E-state index is 14.0. The molecule has 2 N–H and O–H groups in total. The second-order valence-electron chi connectivity index (χ2n) is 6.77. The van der Waals surface area contributed by atoms with Gasteiger partial charge in [0.2, 0.25) is 0 Å². The Morgan fingerprint density at radius 3 is 2.76 bits per heavy atom. The van der Waals surface area contributed by atoms with Crippen LogP contribution in [-0.2, 0) is 6.42 Å². The Morgan fingerprint density at radius 1 is 1.21 bits per heavy atom. The van der Waals surface area contributed by atoms with Gasteiger partial charge in [-0.1, -0.05) is 6.07 Å². The normalized spacial score (nSPS) is 18.7. The van der Waals surface area contributed by atoms with Gasteiger partial charge in [0.25, 0.3) is 11.8 Å². The second kappa shape index (κ2) is 9.34. The van der Waals surface area contributed by atoms with Gasteiger partial charge in [-0.3, -0.25) is 9.59 Å². The number of fused-ring (bicyclic) bond motifs is 4. The first-order chi connectivity index (χ1) is 14.0. The summed E-state index contributed by atoms with van der Waals surface area (Å²) in [6.45, 7) is 2.31. The number of carbonyl (C=O) groups excluding carboxylic acids is 2. The molecule has 0 aliphatic carbocycles. The molecular weight excluding hydrogens is 375 g/mol. The number of nitrogens with one attached hydrogen (secondary N) is 1. The number of aliphatic hydroxyl groups is 1. The van der Waals surface area contributed by atoms with Crippen molar-refractivity contribution in [3.63, 3.8) is 0 Å². The molecule has 2 amide bonds. The van der Waals surface area contributed by atoms with E-state index in [9.17, 15) is 19.1 Å². The van der Waals surface area contributed by atoms with Crippen LogP contribution in [0.1, 0.15) is 33.2 Å². The smallest absolute Gasteiger partial charge is 0.254 e. The molecule has 2 aromatic rings. The van der Waals surface area contributed by atoms with E-state index in [1.807, 2.05) is 6.92 Å². The third-order valence-corrected chi connectivity index (χ3v) is 4.64. The minimum atomic E-state index is -0.618. The van der Waals surface area contributed by atoms with E-state index >= 15 is 0 Å². The SMILES string of the molecule is CCN1C/C=C/Oc2cc(F)cc(c2)CC(CO)NC(=O)c2cccc(c2)C1=O. The summed E-state index contributed by atoms with van der Waals surface area (Å²) in [5.41, 5.74) is 1.30. The topological polar surface area (TPSA) is 78.9 Å². The van der Waals surface area contributed by atoms with Gasteiger partial charge in [-0.15, -0.1) is 0 Å².